The minimum atomic E-state index is -0.317. The topological polar surface area (TPSA) is 118 Å². The van der Waals surface area contributed by atoms with Gasteiger partial charge >= 0.3 is 6.03 Å². The van der Waals surface area contributed by atoms with E-state index in [1.807, 2.05) is 6.07 Å². The Morgan fingerprint density at radius 1 is 1.10 bits per heavy atom. The van der Waals surface area contributed by atoms with Gasteiger partial charge in [-0.1, -0.05) is 0 Å². The number of hydrogen-bond donors (Lipinski definition) is 3. The van der Waals surface area contributed by atoms with Crippen LogP contribution in [0.15, 0.2) is 24.5 Å². The first-order valence-electron chi connectivity index (χ1n) is 10.2. The maximum absolute atomic E-state index is 12.6. The summed E-state index contributed by atoms with van der Waals surface area (Å²) in [7, 11) is 1.76. The summed E-state index contributed by atoms with van der Waals surface area (Å²) < 4.78 is 12.7. The average molecular weight is 424 g/mol. The number of morpholine rings is 1. The Labute approximate surface area is 178 Å². The number of amides is 1. The van der Waals surface area contributed by atoms with Crippen LogP contribution in [0.5, 0.6) is 0 Å². The van der Waals surface area contributed by atoms with E-state index in [4.69, 9.17) is 9.47 Å². The first-order chi connectivity index (χ1) is 15.2. The van der Waals surface area contributed by atoms with Gasteiger partial charge in [0.1, 0.15) is 6.33 Å². The predicted octanol–water partition coefficient (Wildman–Crippen LogP) is 1.54. The van der Waals surface area contributed by atoms with E-state index < -0.39 is 0 Å². The van der Waals surface area contributed by atoms with Crippen LogP contribution in [0.25, 0.3) is 11.2 Å². The molecule has 4 bridgehead atoms. The minimum absolute atomic E-state index is 0.317. The number of rotatable bonds is 2. The van der Waals surface area contributed by atoms with Crippen molar-refractivity contribution in [1.29, 1.82) is 0 Å². The largest absolute Gasteiger partial charge is 0.378 e. The lowest BCUT2D eigenvalue weighted by molar-refractivity contribution is 0.121. The minimum Gasteiger partial charge on any atom is -0.378 e. The summed E-state index contributed by atoms with van der Waals surface area (Å²) >= 11 is 0. The van der Waals surface area contributed by atoms with E-state index in [2.05, 4.69) is 47.9 Å². The number of benzene rings is 1. The first-order valence-corrected chi connectivity index (χ1v) is 10.2. The molecule has 1 saturated heterocycles. The van der Waals surface area contributed by atoms with Crippen molar-refractivity contribution >= 4 is 40.3 Å². The maximum atomic E-state index is 12.6. The van der Waals surface area contributed by atoms with Gasteiger partial charge < -0.3 is 30.3 Å². The second-order valence-corrected chi connectivity index (χ2v) is 7.33. The van der Waals surface area contributed by atoms with Crippen molar-refractivity contribution in [3.63, 3.8) is 0 Å². The second-order valence-electron chi connectivity index (χ2n) is 7.33. The molecule has 31 heavy (non-hydrogen) atoms. The highest BCUT2D eigenvalue weighted by Gasteiger charge is 2.18. The smallest absolute Gasteiger partial charge is 0.328 e. The second kappa shape index (κ2) is 8.36. The molecule has 11 heteroatoms. The van der Waals surface area contributed by atoms with Crippen LogP contribution in [-0.4, -0.2) is 72.1 Å². The van der Waals surface area contributed by atoms with Gasteiger partial charge in [-0.2, -0.15) is 9.97 Å². The molecule has 11 nitrogen and oxygen atoms in total. The van der Waals surface area contributed by atoms with E-state index in [0.717, 1.165) is 30.0 Å². The van der Waals surface area contributed by atoms with Crippen molar-refractivity contribution in [1.82, 2.24) is 24.8 Å². The lowest BCUT2D eigenvalue weighted by Gasteiger charge is -2.29. The normalized spacial score (nSPS) is 17.2. The van der Waals surface area contributed by atoms with Crippen LogP contribution in [0, 0.1) is 0 Å². The standard InChI is InChI=1S/C20H24N8O3/c1-21-17-16-18-26-19(25-17)24-14-8-13(9-15(10-14)27-3-6-30-7-4-27)11-31-5-2-22-20(29)28(18)12-23-16/h8-10,12H,2-7,11H2,1H3,(H,22,29)(H2,21,24,25,26). The number of nitrogens with zero attached hydrogens (tertiary/aromatic N) is 5. The van der Waals surface area contributed by atoms with Crippen LogP contribution >= 0.6 is 0 Å². The SMILES string of the molecule is CNc1nc2nc3c1ncn3C(=O)NCCOCc1cc(cc(N3CCOCC3)c1)N2. The van der Waals surface area contributed by atoms with E-state index in [1.165, 1.54) is 10.9 Å². The number of nitrogens with one attached hydrogen (secondary N) is 3. The summed E-state index contributed by atoms with van der Waals surface area (Å²) in [6.07, 6.45) is 1.45. The number of carbonyl (C=O) groups is 1. The van der Waals surface area contributed by atoms with Crippen molar-refractivity contribution in [2.24, 2.45) is 0 Å². The van der Waals surface area contributed by atoms with Gasteiger partial charge in [-0.25, -0.2) is 14.3 Å². The summed E-state index contributed by atoms with van der Waals surface area (Å²) in [5.74, 6) is 0.911. The third kappa shape index (κ3) is 3.97. The van der Waals surface area contributed by atoms with Crippen molar-refractivity contribution in [2.45, 2.75) is 6.61 Å². The lowest BCUT2D eigenvalue weighted by Crippen LogP contribution is -2.36. The third-order valence-electron chi connectivity index (χ3n) is 5.25. The van der Waals surface area contributed by atoms with Gasteiger partial charge in [0.2, 0.25) is 5.95 Å². The van der Waals surface area contributed by atoms with Gasteiger partial charge in [0.15, 0.2) is 17.0 Å². The molecule has 0 unspecified atom stereocenters. The Hall–Kier alpha value is -3.44. The van der Waals surface area contributed by atoms with E-state index in [9.17, 15) is 4.79 Å². The molecule has 2 aliphatic rings. The highest BCUT2D eigenvalue weighted by molar-refractivity contribution is 5.92. The van der Waals surface area contributed by atoms with Gasteiger partial charge in [-0.3, -0.25) is 0 Å². The summed E-state index contributed by atoms with van der Waals surface area (Å²) in [6.45, 7) is 4.29. The predicted molar refractivity (Wildman–Crippen MR) is 116 cm³/mol. The van der Waals surface area contributed by atoms with Crippen molar-refractivity contribution in [2.75, 3.05) is 62.0 Å². The van der Waals surface area contributed by atoms with E-state index >= 15 is 0 Å². The molecular weight excluding hydrogens is 400 g/mol. The van der Waals surface area contributed by atoms with E-state index in [1.54, 1.807) is 7.05 Å². The Morgan fingerprint density at radius 3 is 2.81 bits per heavy atom. The lowest BCUT2D eigenvalue weighted by atomic mass is 10.1. The van der Waals surface area contributed by atoms with Crippen molar-refractivity contribution < 1.29 is 14.3 Å². The van der Waals surface area contributed by atoms with Crippen molar-refractivity contribution in [3.05, 3.63) is 30.1 Å². The molecule has 0 atom stereocenters. The molecule has 3 aromatic rings. The molecule has 1 fully saturated rings. The number of carbonyl (C=O) groups excluding carboxylic acids is 1. The molecule has 5 rings (SSSR count). The van der Waals surface area contributed by atoms with Crippen LogP contribution in [-0.2, 0) is 16.1 Å². The molecule has 162 valence electrons. The van der Waals surface area contributed by atoms with Gasteiger partial charge in [-0.05, 0) is 23.8 Å². The first kappa shape index (κ1) is 19.5. The summed E-state index contributed by atoms with van der Waals surface area (Å²) in [6, 6.07) is 5.90. The summed E-state index contributed by atoms with van der Waals surface area (Å²) in [4.78, 5) is 28.3. The number of fused-ring (bicyclic) bond motifs is 3. The number of aromatic nitrogens is 4. The zero-order chi connectivity index (χ0) is 21.2. The number of ether oxygens (including phenoxy) is 2. The monoisotopic (exact) mass is 424 g/mol. The van der Waals surface area contributed by atoms with E-state index in [-0.39, 0.29) is 6.03 Å². The zero-order valence-corrected chi connectivity index (χ0v) is 17.2. The van der Waals surface area contributed by atoms with Gasteiger partial charge in [0, 0.05) is 38.1 Å². The molecule has 1 amide bonds. The van der Waals surface area contributed by atoms with Crippen LogP contribution in [0.2, 0.25) is 0 Å². The summed E-state index contributed by atoms with van der Waals surface area (Å²) in [5.41, 5.74) is 3.90. The van der Waals surface area contributed by atoms with Crippen LogP contribution < -0.4 is 20.9 Å². The van der Waals surface area contributed by atoms with Gasteiger partial charge in [0.25, 0.3) is 0 Å². The van der Waals surface area contributed by atoms with Gasteiger partial charge in [0.05, 0.1) is 26.4 Å². The average Bonchev–Trinajstić information content (AvgIpc) is 3.22. The molecule has 0 spiro atoms. The molecule has 1 aromatic carbocycles. The highest BCUT2D eigenvalue weighted by atomic mass is 16.5. The fourth-order valence-electron chi connectivity index (χ4n) is 3.75. The molecule has 0 radical (unpaired) electrons. The Bertz CT molecular complexity index is 1110. The number of imidazole rings is 1. The quantitative estimate of drug-likeness (QED) is 0.563. The van der Waals surface area contributed by atoms with Crippen LogP contribution in [0.1, 0.15) is 5.56 Å². The molecular formula is C20H24N8O3. The molecule has 0 saturated carbocycles. The van der Waals surface area contributed by atoms with Gasteiger partial charge in [-0.15, -0.1) is 0 Å². The number of anilines is 4. The fourth-order valence-corrected chi connectivity index (χ4v) is 3.75. The van der Waals surface area contributed by atoms with Crippen LogP contribution in [0.4, 0.5) is 27.9 Å². The Morgan fingerprint density at radius 2 is 1.97 bits per heavy atom. The summed E-state index contributed by atoms with van der Waals surface area (Å²) in [5, 5.41) is 9.16. The maximum Gasteiger partial charge on any atom is 0.328 e. The third-order valence-corrected chi connectivity index (χ3v) is 5.25. The Kier molecular flexibility index (Phi) is 5.26. The molecule has 3 N–H and O–H groups in total. The fraction of sp³-hybridized carbons (Fsp3) is 0.400. The molecule has 0 aliphatic carbocycles. The highest BCUT2D eigenvalue weighted by Crippen LogP contribution is 2.27. The van der Waals surface area contributed by atoms with Crippen molar-refractivity contribution in [3.8, 4) is 0 Å². The zero-order valence-electron chi connectivity index (χ0n) is 17.2. The number of hydrogen-bond acceptors (Lipinski definition) is 9. The molecule has 2 aliphatic heterocycles. The molecule has 2 aromatic heterocycles. The van der Waals surface area contributed by atoms with Crippen LogP contribution in [0.3, 0.4) is 0 Å². The molecule has 4 heterocycles. The Balaban J connectivity index is 1.59. The van der Waals surface area contributed by atoms with E-state index in [0.29, 0.717) is 55.9 Å².